The summed E-state index contributed by atoms with van der Waals surface area (Å²) in [5.41, 5.74) is 3.98. The van der Waals surface area contributed by atoms with E-state index in [4.69, 9.17) is 9.47 Å². The van der Waals surface area contributed by atoms with Crippen LogP contribution in [0.5, 0.6) is 5.88 Å². The molecule has 0 unspecified atom stereocenters. The van der Waals surface area contributed by atoms with Gasteiger partial charge in [-0.15, -0.1) is 0 Å². The lowest BCUT2D eigenvalue weighted by Gasteiger charge is -2.28. The molecule has 0 fully saturated rings. The van der Waals surface area contributed by atoms with Crippen molar-refractivity contribution in [1.29, 1.82) is 0 Å². The highest BCUT2D eigenvalue weighted by atomic mass is 16.5. The van der Waals surface area contributed by atoms with Crippen LogP contribution in [-0.2, 0) is 17.7 Å². The van der Waals surface area contributed by atoms with Crippen molar-refractivity contribution >= 4 is 5.91 Å². The molecule has 2 aromatic rings. The summed E-state index contributed by atoms with van der Waals surface area (Å²) < 4.78 is 10.5. The predicted octanol–water partition coefficient (Wildman–Crippen LogP) is 2.61. The van der Waals surface area contributed by atoms with Gasteiger partial charge in [-0.3, -0.25) is 4.79 Å². The van der Waals surface area contributed by atoms with Crippen LogP contribution < -0.4 is 4.74 Å². The molecule has 0 bridgehead atoms. The molecule has 3 rings (SSSR count). The molecule has 1 aromatic carbocycles. The largest absolute Gasteiger partial charge is 0.475 e. The number of ether oxygens (including phenoxy) is 2. The molecule has 0 N–H and O–H groups in total. The maximum Gasteiger partial charge on any atom is 0.254 e. The fourth-order valence-electron chi connectivity index (χ4n) is 2.76. The lowest BCUT2D eigenvalue weighted by molar-refractivity contribution is 0.0733. The van der Waals surface area contributed by atoms with Gasteiger partial charge in [-0.25, -0.2) is 4.98 Å². The number of aryl methyl sites for hydroxylation is 1. The number of pyridine rings is 1. The summed E-state index contributed by atoms with van der Waals surface area (Å²) in [6.07, 6.45) is 0.744. The molecule has 1 aromatic heterocycles. The monoisotopic (exact) mass is 326 g/mol. The average Bonchev–Trinajstić information content (AvgIpc) is 2.61. The Morgan fingerprint density at radius 3 is 2.71 bits per heavy atom. The Hall–Kier alpha value is -2.40. The molecule has 2 heterocycles. The van der Waals surface area contributed by atoms with Crippen LogP contribution >= 0.6 is 0 Å². The number of fused-ring (bicyclic) bond motifs is 1. The smallest absolute Gasteiger partial charge is 0.254 e. The molecule has 0 aliphatic carbocycles. The Labute approximate surface area is 142 Å². The lowest BCUT2D eigenvalue weighted by Crippen LogP contribution is -2.36. The highest BCUT2D eigenvalue weighted by Crippen LogP contribution is 2.22. The van der Waals surface area contributed by atoms with E-state index in [9.17, 15) is 4.79 Å². The molecule has 0 radical (unpaired) electrons. The van der Waals surface area contributed by atoms with Crippen molar-refractivity contribution in [2.45, 2.75) is 19.9 Å². The number of nitrogens with zero attached hydrogens (tertiary/aromatic N) is 2. The Bertz CT molecular complexity index is 713. The molecular formula is C19H22N2O3. The van der Waals surface area contributed by atoms with E-state index in [1.165, 1.54) is 0 Å². The van der Waals surface area contributed by atoms with Crippen LogP contribution in [0.3, 0.4) is 0 Å². The van der Waals surface area contributed by atoms with E-state index in [2.05, 4.69) is 4.98 Å². The number of benzene rings is 1. The van der Waals surface area contributed by atoms with Gasteiger partial charge in [0.25, 0.3) is 5.91 Å². The number of hydrogen-bond acceptors (Lipinski definition) is 4. The molecule has 24 heavy (non-hydrogen) atoms. The molecule has 1 aliphatic rings. The Kier molecular flexibility index (Phi) is 5.11. The summed E-state index contributed by atoms with van der Waals surface area (Å²) in [6, 6.07) is 11.6. The van der Waals surface area contributed by atoms with Gasteiger partial charge in [0.2, 0.25) is 5.88 Å². The van der Waals surface area contributed by atoms with Crippen molar-refractivity contribution in [1.82, 2.24) is 9.88 Å². The summed E-state index contributed by atoms with van der Waals surface area (Å²) in [5.74, 6) is 0.685. The third kappa shape index (κ3) is 3.74. The van der Waals surface area contributed by atoms with E-state index in [0.717, 1.165) is 28.8 Å². The Morgan fingerprint density at radius 1 is 1.17 bits per heavy atom. The van der Waals surface area contributed by atoms with Crippen LogP contribution in [0, 0.1) is 6.92 Å². The molecule has 5 heteroatoms. The van der Waals surface area contributed by atoms with Crippen LogP contribution in [0.15, 0.2) is 36.4 Å². The second-order valence-electron chi connectivity index (χ2n) is 5.94. The first-order valence-electron chi connectivity index (χ1n) is 8.14. The zero-order valence-electron chi connectivity index (χ0n) is 14.1. The number of carbonyl (C=O) groups is 1. The van der Waals surface area contributed by atoms with Gasteiger partial charge in [0.05, 0.1) is 12.3 Å². The number of aromatic nitrogens is 1. The molecule has 0 saturated heterocycles. The Morgan fingerprint density at radius 2 is 1.96 bits per heavy atom. The minimum absolute atomic E-state index is 0.0704. The van der Waals surface area contributed by atoms with Crippen molar-refractivity contribution in [3.8, 4) is 5.88 Å². The van der Waals surface area contributed by atoms with Gasteiger partial charge in [0, 0.05) is 38.2 Å². The topological polar surface area (TPSA) is 51.7 Å². The average molecular weight is 326 g/mol. The van der Waals surface area contributed by atoms with Gasteiger partial charge in [0.15, 0.2) is 0 Å². The summed E-state index contributed by atoms with van der Waals surface area (Å²) in [4.78, 5) is 19.1. The van der Waals surface area contributed by atoms with Crippen LogP contribution in [-0.4, -0.2) is 42.7 Å². The zero-order chi connectivity index (χ0) is 16.9. The SMILES string of the molecule is COCCOc1ccc2c(n1)CCN(C(=O)c1ccc(C)cc1)C2. The maximum absolute atomic E-state index is 12.6. The second-order valence-corrected chi connectivity index (χ2v) is 5.94. The normalized spacial score (nSPS) is 13.5. The predicted molar refractivity (Wildman–Crippen MR) is 91.2 cm³/mol. The minimum Gasteiger partial charge on any atom is -0.475 e. The number of carbonyl (C=O) groups excluding carboxylic acids is 1. The quantitative estimate of drug-likeness (QED) is 0.793. The van der Waals surface area contributed by atoms with Crippen LogP contribution in [0.2, 0.25) is 0 Å². The van der Waals surface area contributed by atoms with Crippen molar-refractivity contribution in [2.24, 2.45) is 0 Å². The molecule has 1 amide bonds. The van der Waals surface area contributed by atoms with Gasteiger partial charge in [-0.1, -0.05) is 23.8 Å². The third-order valence-corrected chi connectivity index (χ3v) is 4.15. The van der Waals surface area contributed by atoms with Crippen LogP contribution in [0.4, 0.5) is 0 Å². The zero-order valence-corrected chi connectivity index (χ0v) is 14.1. The highest BCUT2D eigenvalue weighted by Gasteiger charge is 2.23. The molecular weight excluding hydrogens is 304 g/mol. The first-order chi connectivity index (χ1) is 11.7. The molecule has 5 nitrogen and oxygen atoms in total. The van der Waals surface area contributed by atoms with E-state index < -0.39 is 0 Å². The van der Waals surface area contributed by atoms with E-state index in [-0.39, 0.29) is 5.91 Å². The van der Waals surface area contributed by atoms with Crippen LogP contribution in [0.25, 0.3) is 0 Å². The number of hydrogen-bond donors (Lipinski definition) is 0. The van der Waals surface area contributed by atoms with Gasteiger partial charge in [-0.05, 0) is 24.6 Å². The summed E-state index contributed by atoms with van der Waals surface area (Å²) >= 11 is 0. The fourth-order valence-corrected chi connectivity index (χ4v) is 2.76. The number of rotatable bonds is 5. The van der Waals surface area contributed by atoms with E-state index >= 15 is 0 Å². The van der Waals surface area contributed by atoms with Gasteiger partial charge < -0.3 is 14.4 Å². The van der Waals surface area contributed by atoms with Crippen molar-refractivity contribution in [3.63, 3.8) is 0 Å². The standard InChI is InChI=1S/C19H22N2O3/c1-14-3-5-15(6-4-14)19(22)21-10-9-17-16(13-21)7-8-18(20-17)24-12-11-23-2/h3-8H,9-13H2,1-2H3. The summed E-state index contributed by atoms with van der Waals surface area (Å²) in [5, 5.41) is 0. The molecule has 0 atom stereocenters. The molecule has 1 aliphatic heterocycles. The van der Waals surface area contributed by atoms with Gasteiger partial charge >= 0.3 is 0 Å². The highest BCUT2D eigenvalue weighted by molar-refractivity contribution is 5.94. The number of methoxy groups -OCH3 is 1. The van der Waals surface area contributed by atoms with Gasteiger partial charge in [0.1, 0.15) is 6.61 Å². The fraction of sp³-hybridized carbons (Fsp3) is 0.368. The second kappa shape index (κ2) is 7.45. The molecule has 0 saturated carbocycles. The molecule has 0 spiro atoms. The third-order valence-electron chi connectivity index (χ3n) is 4.15. The first kappa shape index (κ1) is 16.5. The number of amides is 1. The Balaban J connectivity index is 1.68. The minimum atomic E-state index is 0.0704. The van der Waals surface area contributed by atoms with E-state index in [1.807, 2.05) is 48.2 Å². The summed E-state index contributed by atoms with van der Waals surface area (Å²) in [6.45, 7) is 4.31. The van der Waals surface area contributed by atoms with Crippen molar-refractivity contribution in [3.05, 3.63) is 58.8 Å². The first-order valence-corrected chi connectivity index (χ1v) is 8.14. The van der Waals surface area contributed by atoms with Crippen molar-refractivity contribution < 1.29 is 14.3 Å². The van der Waals surface area contributed by atoms with Crippen molar-refractivity contribution in [2.75, 3.05) is 26.9 Å². The van der Waals surface area contributed by atoms with E-state index in [0.29, 0.717) is 32.2 Å². The maximum atomic E-state index is 12.6. The lowest BCUT2D eigenvalue weighted by atomic mass is 10.0. The summed E-state index contributed by atoms with van der Waals surface area (Å²) in [7, 11) is 1.64. The van der Waals surface area contributed by atoms with E-state index in [1.54, 1.807) is 7.11 Å². The van der Waals surface area contributed by atoms with Gasteiger partial charge in [-0.2, -0.15) is 0 Å². The molecule has 126 valence electrons. The van der Waals surface area contributed by atoms with Crippen LogP contribution in [0.1, 0.15) is 27.2 Å².